The van der Waals surface area contributed by atoms with Crippen LogP contribution < -0.4 is 9.64 Å². The number of carbonyl (C=O) groups excluding carboxylic acids is 1. The Kier molecular flexibility index (Phi) is 3.57. The van der Waals surface area contributed by atoms with E-state index in [0.29, 0.717) is 19.6 Å². The molecule has 0 bridgehead atoms. The van der Waals surface area contributed by atoms with Gasteiger partial charge in [0, 0.05) is 50.6 Å². The monoisotopic (exact) mass is 385 g/mol. The van der Waals surface area contributed by atoms with Crippen LogP contribution in [0.1, 0.15) is 17.0 Å². The number of fused-ring (bicyclic) bond motifs is 4. The van der Waals surface area contributed by atoms with Crippen molar-refractivity contribution in [1.82, 2.24) is 9.29 Å². The fraction of sp³-hybridized carbons (Fsp3) is 0.368. The van der Waals surface area contributed by atoms with E-state index in [1.807, 2.05) is 0 Å². The summed E-state index contributed by atoms with van der Waals surface area (Å²) < 4.78 is 33.4. The lowest BCUT2D eigenvalue weighted by molar-refractivity contribution is -0.122. The highest BCUT2D eigenvalue weighted by molar-refractivity contribution is 7.89. The third kappa shape index (κ3) is 2.40. The number of benzene rings is 1. The first kappa shape index (κ1) is 16.7. The standard InChI is InChI=1S/C19H19N3O4S/c1-21-17-4-6-20-9-14(17)15-10-22(11-16(15)19(21)23)27(24,25)13-2-3-18-12(8-13)5-7-26-18/h2-4,6,8-9,15-16H,5,7,10-11H2,1H3/t15-,16-/m1/s1. The summed E-state index contributed by atoms with van der Waals surface area (Å²) in [6, 6.07) is 6.81. The van der Waals surface area contributed by atoms with Crippen molar-refractivity contribution in [2.75, 3.05) is 31.6 Å². The molecule has 1 saturated heterocycles. The van der Waals surface area contributed by atoms with Crippen molar-refractivity contribution in [2.45, 2.75) is 17.2 Å². The van der Waals surface area contributed by atoms with E-state index in [-0.39, 0.29) is 29.2 Å². The average molecular weight is 385 g/mol. The van der Waals surface area contributed by atoms with E-state index in [4.69, 9.17) is 4.74 Å². The molecule has 2 aromatic rings. The first-order valence-electron chi connectivity index (χ1n) is 8.94. The minimum absolute atomic E-state index is 0.0428. The summed E-state index contributed by atoms with van der Waals surface area (Å²) in [7, 11) is -1.94. The molecule has 140 valence electrons. The topological polar surface area (TPSA) is 79.8 Å². The molecule has 8 heteroatoms. The Hall–Kier alpha value is -2.45. The van der Waals surface area contributed by atoms with Gasteiger partial charge in [-0.1, -0.05) is 0 Å². The molecule has 3 aliphatic rings. The van der Waals surface area contributed by atoms with Crippen LogP contribution in [0, 0.1) is 5.92 Å². The Morgan fingerprint density at radius 2 is 2.00 bits per heavy atom. The van der Waals surface area contributed by atoms with Crippen LogP contribution in [-0.2, 0) is 21.2 Å². The van der Waals surface area contributed by atoms with E-state index >= 15 is 0 Å². The molecule has 0 spiro atoms. The quantitative estimate of drug-likeness (QED) is 0.781. The summed E-state index contributed by atoms with van der Waals surface area (Å²) in [4.78, 5) is 18.9. The summed E-state index contributed by atoms with van der Waals surface area (Å²) in [5, 5.41) is 0. The zero-order valence-corrected chi connectivity index (χ0v) is 15.6. The fourth-order valence-corrected chi connectivity index (χ4v) is 5.90. The maximum atomic E-state index is 13.2. The number of pyridine rings is 1. The van der Waals surface area contributed by atoms with Crippen molar-refractivity contribution in [3.8, 4) is 5.75 Å². The second kappa shape index (κ2) is 5.77. The number of ether oxygens (including phenoxy) is 1. The number of amides is 1. The Morgan fingerprint density at radius 1 is 1.19 bits per heavy atom. The van der Waals surface area contributed by atoms with E-state index in [2.05, 4.69) is 4.98 Å². The van der Waals surface area contributed by atoms with Crippen LogP contribution >= 0.6 is 0 Å². The summed E-state index contributed by atoms with van der Waals surface area (Å²) in [5.74, 6) is 0.170. The van der Waals surface area contributed by atoms with Crippen LogP contribution in [0.25, 0.3) is 0 Å². The first-order valence-corrected chi connectivity index (χ1v) is 10.4. The molecule has 2 atom stereocenters. The van der Waals surface area contributed by atoms with Gasteiger partial charge in [0.1, 0.15) is 5.75 Å². The second-order valence-corrected chi connectivity index (χ2v) is 9.17. The zero-order chi connectivity index (χ0) is 18.8. The van der Waals surface area contributed by atoms with Gasteiger partial charge in [-0.3, -0.25) is 9.78 Å². The Bertz CT molecular complexity index is 1050. The number of carbonyl (C=O) groups is 1. The van der Waals surface area contributed by atoms with Crippen LogP contribution in [0.3, 0.4) is 0 Å². The van der Waals surface area contributed by atoms with Crippen molar-refractivity contribution in [3.63, 3.8) is 0 Å². The third-order valence-electron chi connectivity index (χ3n) is 5.82. The zero-order valence-electron chi connectivity index (χ0n) is 14.8. The van der Waals surface area contributed by atoms with Gasteiger partial charge in [0.2, 0.25) is 15.9 Å². The highest BCUT2D eigenvalue weighted by Gasteiger charge is 2.48. The number of hydrogen-bond donors (Lipinski definition) is 0. The Morgan fingerprint density at radius 3 is 2.85 bits per heavy atom. The van der Waals surface area contributed by atoms with Crippen molar-refractivity contribution in [1.29, 1.82) is 0 Å². The van der Waals surface area contributed by atoms with Crippen molar-refractivity contribution < 1.29 is 17.9 Å². The van der Waals surface area contributed by atoms with E-state index in [1.165, 1.54) is 4.31 Å². The molecule has 1 fully saturated rings. The number of sulfonamides is 1. The van der Waals surface area contributed by atoms with E-state index in [9.17, 15) is 13.2 Å². The molecule has 7 nitrogen and oxygen atoms in total. The number of aromatic nitrogens is 1. The molecule has 4 heterocycles. The van der Waals surface area contributed by atoms with Gasteiger partial charge in [-0.2, -0.15) is 4.31 Å². The fourth-order valence-electron chi connectivity index (χ4n) is 4.36. The maximum Gasteiger partial charge on any atom is 0.243 e. The van der Waals surface area contributed by atoms with Gasteiger partial charge in [0.05, 0.1) is 17.4 Å². The smallest absolute Gasteiger partial charge is 0.243 e. The van der Waals surface area contributed by atoms with Crippen LogP contribution in [-0.4, -0.2) is 50.4 Å². The Labute approximate surface area is 157 Å². The summed E-state index contributed by atoms with van der Waals surface area (Å²) in [6.07, 6.45) is 4.12. The van der Waals surface area contributed by atoms with Crippen LogP contribution in [0.2, 0.25) is 0 Å². The summed E-state index contributed by atoms with van der Waals surface area (Å²) >= 11 is 0. The average Bonchev–Trinajstić information content (AvgIpc) is 3.33. The molecule has 0 unspecified atom stereocenters. The van der Waals surface area contributed by atoms with Crippen molar-refractivity contribution in [3.05, 3.63) is 47.8 Å². The lowest BCUT2D eigenvalue weighted by atomic mass is 9.84. The van der Waals surface area contributed by atoms with E-state index in [1.54, 1.807) is 48.6 Å². The third-order valence-corrected chi connectivity index (χ3v) is 7.65. The molecule has 1 aromatic carbocycles. The highest BCUT2D eigenvalue weighted by Crippen LogP contribution is 2.44. The highest BCUT2D eigenvalue weighted by atomic mass is 32.2. The minimum atomic E-state index is -3.68. The van der Waals surface area contributed by atoms with Crippen LogP contribution in [0.15, 0.2) is 41.6 Å². The SMILES string of the molecule is CN1C(=O)[C@@H]2CN(S(=O)(=O)c3ccc4c(c3)CCO4)C[C@@H]2c2cnccc21. The molecular weight excluding hydrogens is 366 g/mol. The van der Waals surface area contributed by atoms with Crippen LogP contribution in [0.5, 0.6) is 5.75 Å². The van der Waals surface area contributed by atoms with E-state index < -0.39 is 10.0 Å². The molecule has 1 amide bonds. The number of rotatable bonds is 2. The lowest BCUT2D eigenvalue weighted by Gasteiger charge is -2.32. The molecule has 3 aliphatic heterocycles. The molecule has 0 N–H and O–H groups in total. The van der Waals surface area contributed by atoms with E-state index in [0.717, 1.165) is 22.6 Å². The van der Waals surface area contributed by atoms with Gasteiger partial charge in [-0.15, -0.1) is 0 Å². The molecule has 5 rings (SSSR count). The van der Waals surface area contributed by atoms with Crippen molar-refractivity contribution in [2.24, 2.45) is 5.92 Å². The molecule has 0 saturated carbocycles. The summed E-state index contributed by atoms with van der Waals surface area (Å²) in [6.45, 7) is 1.06. The van der Waals surface area contributed by atoms with Crippen molar-refractivity contribution >= 4 is 21.6 Å². The molecule has 0 radical (unpaired) electrons. The van der Waals surface area contributed by atoms with Gasteiger partial charge < -0.3 is 9.64 Å². The Balaban J connectivity index is 1.51. The predicted octanol–water partition coefficient (Wildman–Crippen LogP) is 1.40. The van der Waals surface area contributed by atoms with Gasteiger partial charge in [-0.25, -0.2) is 8.42 Å². The van der Waals surface area contributed by atoms with Gasteiger partial charge >= 0.3 is 0 Å². The first-order chi connectivity index (χ1) is 13.0. The molecular formula is C19H19N3O4S. The van der Waals surface area contributed by atoms with Gasteiger partial charge in [0.15, 0.2) is 0 Å². The number of anilines is 1. The van der Waals surface area contributed by atoms with Gasteiger partial charge in [0.25, 0.3) is 0 Å². The lowest BCUT2D eigenvalue weighted by Crippen LogP contribution is -2.41. The van der Waals surface area contributed by atoms with Crippen LogP contribution in [0.4, 0.5) is 5.69 Å². The molecule has 1 aromatic heterocycles. The molecule has 0 aliphatic carbocycles. The normalized spacial score (nSPS) is 24.3. The number of nitrogens with zero attached hydrogens (tertiary/aromatic N) is 3. The summed E-state index contributed by atoms with van der Waals surface area (Å²) in [5.41, 5.74) is 2.66. The second-order valence-electron chi connectivity index (χ2n) is 7.23. The maximum absolute atomic E-state index is 13.2. The minimum Gasteiger partial charge on any atom is -0.493 e. The number of hydrogen-bond acceptors (Lipinski definition) is 5. The van der Waals surface area contributed by atoms with Gasteiger partial charge in [-0.05, 0) is 35.4 Å². The predicted molar refractivity (Wildman–Crippen MR) is 98.3 cm³/mol. The largest absolute Gasteiger partial charge is 0.493 e. The molecule has 27 heavy (non-hydrogen) atoms.